The molecule has 0 aliphatic carbocycles. The molecule has 3 aromatic rings. The smallest absolute Gasteiger partial charge is 0.290 e. The summed E-state index contributed by atoms with van der Waals surface area (Å²) in [5, 5.41) is 6.89. The van der Waals surface area contributed by atoms with Gasteiger partial charge in [-0.1, -0.05) is 30.3 Å². The highest BCUT2D eigenvalue weighted by molar-refractivity contribution is 5.95. The predicted molar refractivity (Wildman–Crippen MR) is 121 cm³/mol. The van der Waals surface area contributed by atoms with E-state index in [0.717, 1.165) is 24.8 Å². The second-order valence-electron chi connectivity index (χ2n) is 7.77. The Kier molecular flexibility index (Phi) is 7.96. The van der Waals surface area contributed by atoms with Gasteiger partial charge in [-0.25, -0.2) is 4.98 Å². The average Bonchev–Trinajstić information content (AvgIpc) is 3.47. The Balaban J connectivity index is 0.000000913. The molecule has 1 aliphatic heterocycles. The van der Waals surface area contributed by atoms with Gasteiger partial charge in [0.1, 0.15) is 5.56 Å². The van der Waals surface area contributed by atoms with E-state index in [-0.39, 0.29) is 24.0 Å². The van der Waals surface area contributed by atoms with Gasteiger partial charge in [-0.15, -0.1) is 0 Å². The van der Waals surface area contributed by atoms with Crippen molar-refractivity contribution in [1.82, 2.24) is 19.0 Å². The van der Waals surface area contributed by atoms with Crippen LogP contribution in [0, 0.1) is 6.92 Å². The van der Waals surface area contributed by atoms with Gasteiger partial charge >= 0.3 is 0 Å². The summed E-state index contributed by atoms with van der Waals surface area (Å²) in [7, 11) is 0. The van der Waals surface area contributed by atoms with Crippen LogP contribution in [0.3, 0.4) is 0 Å². The summed E-state index contributed by atoms with van der Waals surface area (Å²) in [4.78, 5) is 40.8. The van der Waals surface area contributed by atoms with Crippen LogP contribution in [-0.2, 0) is 24.3 Å². The zero-order valence-electron chi connectivity index (χ0n) is 18.1. The van der Waals surface area contributed by atoms with Gasteiger partial charge in [-0.2, -0.15) is 0 Å². The van der Waals surface area contributed by atoms with Gasteiger partial charge in [0, 0.05) is 38.2 Å². The lowest BCUT2D eigenvalue weighted by atomic mass is 10.1. The maximum atomic E-state index is 13.3. The number of aromatic nitrogens is 3. The topological polar surface area (TPSA) is 97.4 Å². The molecule has 1 aromatic carbocycles. The first-order valence-electron chi connectivity index (χ1n) is 10.6. The first kappa shape index (κ1) is 23.0. The summed E-state index contributed by atoms with van der Waals surface area (Å²) < 4.78 is 3.65. The lowest BCUT2D eigenvalue weighted by molar-refractivity contribution is -0.122. The zero-order valence-corrected chi connectivity index (χ0v) is 18.1. The molecule has 0 bridgehead atoms. The van der Waals surface area contributed by atoms with Crippen LogP contribution >= 0.6 is 0 Å². The highest BCUT2D eigenvalue weighted by Gasteiger charge is 2.32. The van der Waals surface area contributed by atoms with Gasteiger partial charge in [0.25, 0.3) is 17.9 Å². The number of carbonyl (C=O) groups is 2. The van der Waals surface area contributed by atoms with Crippen molar-refractivity contribution in [2.75, 3.05) is 6.54 Å². The maximum absolute atomic E-state index is 13.3. The van der Waals surface area contributed by atoms with Crippen molar-refractivity contribution in [3.05, 3.63) is 88.4 Å². The minimum atomic E-state index is -0.250. The molecule has 2 aromatic heterocycles. The van der Waals surface area contributed by atoms with Gasteiger partial charge in [0.15, 0.2) is 0 Å². The van der Waals surface area contributed by atoms with Crippen molar-refractivity contribution in [2.24, 2.45) is 0 Å². The maximum Gasteiger partial charge on any atom is 0.290 e. The van der Waals surface area contributed by atoms with Gasteiger partial charge < -0.3 is 19.1 Å². The van der Waals surface area contributed by atoms with Crippen molar-refractivity contribution in [1.29, 1.82) is 0 Å². The molecule has 0 saturated carbocycles. The third-order valence-electron chi connectivity index (χ3n) is 5.69. The van der Waals surface area contributed by atoms with E-state index in [4.69, 9.17) is 9.90 Å². The highest BCUT2D eigenvalue weighted by Crippen LogP contribution is 2.21. The van der Waals surface area contributed by atoms with Crippen LogP contribution in [0.25, 0.3) is 0 Å². The molecular weight excluding hydrogens is 408 g/mol. The molecule has 8 nitrogen and oxygen atoms in total. The molecule has 8 heteroatoms. The molecule has 4 rings (SSSR count). The van der Waals surface area contributed by atoms with Crippen LogP contribution in [0.2, 0.25) is 0 Å². The van der Waals surface area contributed by atoms with Gasteiger partial charge in [-0.3, -0.25) is 14.4 Å². The molecule has 168 valence electrons. The Labute approximate surface area is 186 Å². The number of pyridine rings is 1. The minimum Gasteiger partial charge on any atom is -0.483 e. The number of rotatable bonds is 6. The van der Waals surface area contributed by atoms with Crippen molar-refractivity contribution < 1.29 is 14.7 Å². The zero-order chi connectivity index (χ0) is 22.9. The molecule has 0 radical (unpaired) electrons. The quantitative estimate of drug-likeness (QED) is 0.599. The Morgan fingerprint density at radius 1 is 1.22 bits per heavy atom. The van der Waals surface area contributed by atoms with Crippen LogP contribution in [0.1, 0.15) is 34.3 Å². The normalized spacial score (nSPS) is 15.2. The molecule has 1 aliphatic rings. The van der Waals surface area contributed by atoms with Crippen molar-refractivity contribution >= 4 is 12.4 Å². The first-order valence-corrected chi connectivity index (χ1v) is 10.6. The molecule has 0 spiro atoms. The fraction of sp³-hybridized carbons (Fsp3) is 0.333. The lowest BCUT2D eigenvalue weighted by Gasteiger charge is -2.25. The van der Waals surface area contributed by atoms with E-state index in [1.54, 1.807) is 23.3 Å². The number of carboxylic acid groups (broad SMARTS) is 1. The number of nitrogens with zero attached hydrogens (tertiary/aromatic N) is 4. The molecule has 32 heavy (non-hydrogen) atoms. The standard InChI is InChI=1S/C23H26N4O2.CH2O2/c1-18-9-13-26(14-10-19-6-3-2-4-7-19)22(28)21(18)23(29)27-12-5-8-20(27)16-25-15-11-24-17-25;2-1-3/h2-4,6-7,9,11,13,15,17,20H,5,8,10,12,14,16H2,1H3;1H,(H,2,3). The summed E-state index contributed by atoms with van der Waals surface area (Å²) >= 11 is 0. The minimum absolute atomic E-state index is 0.0912. The van der Waals surface area contributed by atoms with Gasteiger partial charge in [0.2, 0.25) is 0 Å². The number of benzene rings is 1. The second kappa shape index (κ2) is 11.1. The molecular formula is C24H28N4O4. The average molecular weight is 437 g/mol. The van der Waals surface area contributed by atoms with E-state index >= 15 is 0 Å². The summed E-state index contributed by atoms with van der Waals surface area (Å²) in [6, 6.07) is 12.0. The number of aryl methyl sites for hydroxylation is 3. The molecule has 1 atom stereocenters. The summed E-state index contributed by atoms with van der Waals surface area (Å²) in [5.74, 6) is -0.149. The van der Waals surface area contributed by atoms with Gasteiger partial charge in [-0.05, 0) is 43.4 Å². The Morgan fingerprint density at radius 3 is 2.66 bits per heavy atom. The molecule has 1 unspecified atom stereocenters. The van der Waals surface area contributed by atoms with E-state index in [2.05, 4.69) is 17.1 Å². The number of likely N-dealkylation sites (tertiary alicyclic amines) is 1. The summed E-state index contributed by atoms with van der Waals surface area (Å²) in [6.07, 6.45) is 9.87. The third-order valence-corrected chi connectivity index (χ3v) is 5.69. The number of imidazole rings is 1. The Bertz CT molecular complexity index is 1080. The van der Waals surface area contributed by atoms with Crippen molar-refractivity contribution in [3.8, 4) is 0 Å². The largest absolute Gasteiger partial charge is 0.483 e. The summed E-state index contributed by atoms with van der Waals surface area (Å²) in [5.41, 5.74) is 2.02. The SMILES string of the molecule is Cc1ccn(CCc2ccccc2)c(=O)c1C(=O)N1CCCC1Cn1ccnc1.O=CO. The molecule has 1 saturated heterocycles. The van der Waals surface area contributed by atoms with Crippen molar-refractivity contribution in [3.63, 3.8) is 0 Å². The predicted octanol–water partition coefficient (Wildman–Crippen LogP) is 2.60. The van der Waals surface area contributed by atoms with Gasteiger partial charge in [0.05, 0.1) is 12.4 Å². The lowest BCUT2D eigenvalue weighted by Crippen LogP contribution is -2.41. The van der Waals surface area contributed by atoms with Crippen LogP contribution < -0.4 is 5.56 Å². The monoisotopic (exact) mass is 436 g/mol. The third kappa shape index (κ3) is 5.51. The number of hydrogen-bond acceptors (Lipinski definition) is 4. The molecule has 1 fully saturated rings. The fourth-order valence-electron chi connectivity index (χ4n) is 4.07. The summed E-state index contributed by atoms with van der Waals surface area (Å²) in [6.45, 7) is 3.55. The molecule has 3 heterocycles. The van der Waals surface area contributed by atoms with Crippen molar-refractivity contribution in [2.45, 2.75) is 45.3 Å². The van der Waals surface area contributed by atoms with Crippen LogP contribution in [0.15, 0.2) is 66.1 Å². The number of hydrogen-bond donors (Lipinski definition) is 1. The number of amides is 1. The van der Waals surface area contributed by atoms with E-state index in [1.165, 1.54) is 5.56 Å². The first-order chi connectivity index (χ1) is 15.5. The molecule has 1 amide bonds. The fourth-order valence-corrected chi connectivity index (χ4v) is 4.07. The second-order valence-corrected chi connectivity index (χ2v) is 7.77. The van der Waals surface area contributed by atoms with Crippen LogP contribution in [0.5, 0.6) is 0 Å². The van der Waals surface area contributed by atoms with E-state index < -0.39 is 0 Å². The number of carbonyl (C=O) groups excluding carboxylic acids is 1. The highest BCUT2D eigenvalue weighted by atomic mass is 16.3. The van der Waals surface area contributed by atoms with Crippen LogP contribution in [-0.4, -0.2) is 49.1 Å². The molecule has 1 N–H and O–H groups in total. The van der Waals surface area contributed by atoms with E-state index in [1.807, 2.05) is 46.9 Å². The van der Waals surface area contributed by atoms with Crippen LogP contribution in [0.4, 0.5) is 0 Å². The Morgan fingerprint density at radius 2 is 1.97 bits per heavy atom. The Hall–Kier alpha value is -3.68. The van der Waals surface area contributed by atoms with E-state index in [0.29, 0.717) is 25.2 Å². The van der Waals surface area contributed by atoms with E-state index in [9.17, 15) is 9.59 Å².